The fourth-order valence-electron chi connectivity index (χ4n) is 3.72. The maximum absolute atomic E-state index is 11.6. The average molecular weight is 362 g/mol. The van der Waals surface area contributed by atoms with Crippen LogP contribution in [0.4, 0.5) is 11.4 Å². The first-order valence-corrected chi connectivity index (χ1v) is 8.99. The Labute approximate surface area is 153 Å². The minimum Gasteiger partial charge on any atom is -0.462 e. The molecule has 2 rings (SSSR count). The molecular formula is C19H26N2O5. The van der Waals surface area contributed by atoms with Gasteiger partial charge in [-0.15, -0.1) is 0 Å². The van der Waals surface area contributed by atoms with Gasteiger partial charge in [0.1, 0.15) is 5.69 Å². The molecule has 1 saturated carbocycles. The van der Waals surface area contributed by atoms with Crippen molar-refractivity contribution in [1.82, 2.24) is 0 Å². The highest BCUT2D eigenvalue weighted by Crippen LogP contribution is 2.40. The summed E-state index contributed by atoms with van der Waals surface area (Å²) in [6.07, 6.45) is 5.53. The number of hydrogen-bond donors (Lipinski definition) is 1. The van der Waals surface area contributed by atoms with Crippen LogP contribution in [0.3, 0.4) is 0 Å². The van der Waals surface area contributed by atoms with E-state index in [0.717, 1.165) is 44.3 Å². The van der Waals surface area contributed by atoms with Crippen LogP contribution >= 0.6 is 0 Å². The number of anilines is 1. The van der Waals surface area contributed by atoms with Crippen molar-refractivity contribution in [3.63, 3.8) is 0 Å². The number of benzene rings is 1. The Balaban J connectivity index is 2.12. The number of methoxy groups -OCH3 is 1. The number of nitro groups is 1. The Bertz CT molecular complexity index is 679. The molecule has 0 saturated heterocycles. The predicted molar refractivity (Wildman–Crippen MR) is 97.9 cm³/mol. The standard InChI is InChI=1S/C19H26N2O5/c1-12(2)10-13-4-6-14(7-5-13)15-8-9-16(17(11-15)21(24)25)20-18(22)19(23)26-3/h8-9,11-14H,4-7,10H2,1-3H3,(H,20,22). The van der Waals surface area contributed by atoms with Crippen LogP contribution in [-0.4, -0.2) is 23.9 Å². The van der Waals surface area contributed by atoms with E-state index in [2.05, 4.69) is 23.9 Å². The third-order valence-corrected chi connectivity index (χ3v) is 4.96. The third kappa shape index (κ3) is 5.03. The number of nitrogens with zero attached hydrogens (tertiary/aromatic N) is 1. The van der Waals surface area contributed by atoms with Gasteiger partial charge in [-0.3, -0.25) is 14.9 Å². The zero-order chi connectivity index (χ0) is 19.3. The smallest absolute Gasteiger partial charge is 0.396 e. The van der Waals surface area contributed by atoms with E-state index in [1.165, 1.54) is 18.6 Å². The molecule has 0 aliphatic heterocycles. The zero-order valence-electron chi connectivity index (χ0n) is 15.5. The van der Waals surface area contributed by atoms with Crippen molar-refractivity contribution in [3.8, 4) is 0 Å². The Kier molecular flexibility index (Phi) is 6.71. The van der Waals surface area contributed by atoms with Crippen molar-refractivity contribution in [2.24, 2.45) is 11.8 Å². The third-order valence-electron chi connectivity index (χ3n) is 4.96. The predicted octanol–water partition coefficient (Wildman–Crippen LogP) is 4.03. The van der Waals surface area contributed by atoms with Crippen LogP contribution in [0, 0.1) is 22.0 Å². The number of amides is 1. The number of nitro benzene ring substituents is 1. The van der Waals surface area contributed by atoms with Gasteiger partial charge in [0.15, 0.2) is 0 Å². The molecule has 7 nitrogen and oxygen atoms in total. The zero-order valence-corrected chi connectivity index (χ0v) is 15.5. The van der Waals surface area contributed by atoms with E-state index in [0.29, 0.717) is 11.8 Å². The van der Waals surface area contributed by atoms with Gasteiger partial charge >= 0.3 is 11.9 Å². The number of nitrogens with one attached hydrogen (secondary N) is 1. The summed E-state index contributed by atoms with van der Waals surface area (Å²) in [5.41, 5.74) is 0.711. The molecule has 0 heterocycles. The molecule has 142 valence electrons. The Morgan fingerprint density at radius 2 is 1.92 bits per heavy atom. The van der Waals surface area contributed by atoms with Crippen LogP contribution in [0.15, 0.2) is 18.2 Å². The van der Waals surface area contributed by atoms with Crippen LogP contribution < -0.4 is 5.32 Å². The van der Waals surface area contributed by atoms with Crippen molar-refractivity contribution in [2.45, 2.75) is 51.9 Å². The molecule has 0 radical (unpaired) electrons. The van der Waals surface area contributed by atoms with Crippen molar-refractivity contribution in [2.75, 3.05) is 12.4 Å². The van der Waals surface area contributed by atoms with Crippen molar-refractivity contribution >= 4 is 23.3 Å². The van der Waals surface area contributed by atoms with E-state index in [-0.39, 0.29) is 11.4 Å². The quantitative estimate of drug-likeness (QED) is 0.369. The summed E-state index contributed by atoms with van der Waals surface area (Å²) >= 11 is 0. The fourth-order valence-corrected chi connectivity index (χ4v) is 3.72. The topological polar surface area (TPSA) is 98.5 Å². The lowest BCUT2D eigenvalue weighted by Crippen LogP contribution is -2.24. The second kappa shape index (κ2) is 8.78. The molecule has 26 heavy (non-hydrogen) atoms. The number of carbonyl (C=O) groups excluding carboxylic acids is 2. The summed E-state index contributed by atoms with van der Waals surface area (Å²) in [6, 6.07) is 4.81. The van der Waals surface area contributed by atoms with Crippen molar-refractivity contribution in [3.05, 3.63) is 33.9 Å². The lowest BCUT2D eigenvalue weighted by Gasteiger charge is -2.29. The lowest BCUT2D eigenvalue weighted by atomic mass is 9.76. The first-order valence-electron chi connectivity index (χ1n) is 8.99. The van der Waals surface area contributed by atoms with E-state index in [1.54, 1.807) is 6.07 Å². The summed E-state index contributed by atoms with van der Waals surface area (Å²) < 4.78 is 4.32. The molecule has 1 aromatic carbocycles. The van der Waals surface area contributed by atoms with Gasteiger partial charge in [0.05, 0.1) is 12.0 Å². The van der Waals surface area contributed by atoms with Gasteiger partial charge < -0.3 is 10.1 Å². The number of ether oxygens (including phenoxy) is 1. The minimum absolute atomic E-state index is 0.00245. The van der Waals surface area contributed by atoms with Gasteiger partial charge in [-0.05, 0) is 61.5 Å². The lowest BCUT2D eigenvalue weighted by molar-refractivity contribution is -0.384. The highest BCUT2D eigenvalue weighted by Gasteiger charge is 2.26. The molecule has 0 spiro atoms. The van der Waals surface area contributed by atoms with Gasteiger partial charge in [-0.2, -0.15) is 0 Å². The highest BCUT2D eigenvalue weighted by atomic mass is 16.6. The molecule has 1 aromatic rings. The fraction of sp³-hybridized carbons (Fsp3) is 0.579. The van der Waals surface area contributed by atoms with Gasteiger partial charge in [-0.25, -0.2) is 4.79 Å². The second-order valence-corrected chi connectivity index (χ2v) is 7.33. The Morgan fingerprint density at radius 1 is 1.27 bits per heavy atom. The number of carbonyl (C=O) groups is 2. The van der Waals surface area contributed by atoms with Gasteiger partial charge in [0.2, 0.25) is 0 Å². The number of esters is 1. The van der Waals surface area contributed by atoms with E-state index in [4.69, 9.17) is 0 Å². The van der Waals surface area contributed by atoms with Gasteiger partial charge in [0.25, 0.3) is 5.69 Å². The van der Waals surface area contributed by atoms with E-state index in [1.807, 2.05) is 0 Å². The van der Waals surface area contributed by atoms with Crippen molar-refractivity contribution in [1.29, 1.82) is 0 Å². The summed E-state index contributed by atoms with van der Waals surface area (Å²) in [7, 11) is 1.08. The second-order valence-electron chi connectivity index (χ2n) is 7.33. The summed E-state index contributed by atoms with van der Waals surface area (Å²) in [4.78, 5) is 33.7. The molecule has 1 fully saturated rings. The SMILES string of the molecule is COC(=O)C(=O)Nc1ccc(C2CCC(CC(C)C)CC2)cc1[N+](=O)[O-]. The molecule has 1 aliphatic rings. The molecular weight excluding hydrogens is 336 g/mol. The summed E-state index contributed by atoms with van der Waals surface area (Å²) in [6.45, 7) is 4.47. The minimum atomic E-state index is -1.09. The first kappa shape index (κ1) is 19.9. The average Bonchev–Trinajstić information content (AvgIpc) is 2.61. The molecule has 1 amide bonds. The van der Waals surface area contributed by atoms with Gasteiger partial charge in [-0.1, -0.05) is 19.9 Å². The largest absolute Gasteiger partial charge is 0.462 e. The van der Waals surface area contributed by atoms with Crippen LogP contribution in [0.2, 0.25) is 0 Å². The first-order chi connectivity index (χ1) is 12.3. The summed E-state index contributed by atoms with van der Waals surface area (Å²) in [5, 5.41) is 13.6. The van der Waals surface area contributed by atoms with Crippen molar-refractivity contribution < 1.29 is 19.2 Å². The molecule has 1 N–H and O–H groups in total. The monoisotopic (exact) mass is 362 g/mol. The number of rotatable bonds is 5. The van der Waals surface area contributed by atoms with E-state index < -0.39 is 16.8 Å². The molecule has 0 atom stereocenters. The van der Waals surface area contributed by atoms with Crippen LogP contribution in [0.5, 0.6) is 0 Å². The number of hydrogen-bond acceptors (Lipinski definition) is 5. The molecule has 1 aliphatic carbocycles. The summed E-state index contributed by atoms with van der Waals surface area (Å²) in [5.74, 6) is -0.401. The Morgan fingerprint density at radius 3 is 2.46 bits per heavy atom. The maximum atomic E-state index is 11.6. The Hall–Kier alpha value is -2.44. The maximum Gasteiger partial charge on any atom is 0.396 e. The van der Waals surface area contributed by atoms with Crippen LogP contribution in [0.1, 0.15) is 57.4 Å². The molecule has 0 bridgehead atoms. The molecule has 0 aromatic heterocycles. The molecule has 7 heteroatoms. The van der Waals surface area contributed by atoms with Crippen LogP contribution in [-0.2, 0) is 14.3 Å². The molecule has 0 unspecified atom stereocenters. The van der Waals surface area contributed by atoms with Gasteiger partial charge in [0, 0.05) is 6.07 Å². The van der Waals surface area contributed by atoms with Crippen LogP contribution in [0.25, 0.3) is 0 Å². The van der Waals surface area contributed by atoms with E-state index in [9.17, 15) is 19.7 Å². The normalized spacial score (nSPS) is 19.8. The highest BCUT2D eigenvalue weighted by molar-refractivity contribution is 6.37. The van der Waals surface area contributed by atoms with E-state index >= 15 is 0 Å².